The molecular weight excluding hydrogens is 238 g/mol. The van der Waals surface area contributed by atoms with Gasteiger partial charge in [0.1, 0.15) is 5.58 Å². The Morgan fingerprint density at radius 1 is 1.00 bits per heavy atom. The number of fused-ring (bicyclic) bond motifs is 5. The van der Waals surface area contributed by atoms with Gasteiger partial charge in [-0.3, -0.25) is 4.79 Å². The number of hydrogen-bond acceptors (Lipinski definition) is 2. The van der Waals surface area contributed by atoms with E-state index in [-0.39, 0.29) is 5.56 Å². The van der Waals surface area contributed by atoms with E-state index < -0.39 is 0 Å². The molecule has 0 atom stereocenters. The third kappa shape index (κ3) is 1.35. The van der Waals surface area contributed by atoms with Crippen LogP contribution in [0, 0.1) is 6.92 Å². The lowest BCUT2D eigenvalue weighted by Crippen LogP contribution is -2.05. The van der Waals surface area contributed by atoms with E-state index in [0.29, 0.717) is 5.39 Å². The molecule has 0 saturated heterocycles. The number of pyridine rings is 1. The van der Waals surface area contributed by atoms with Gasteiger partial charge in [0.2, 0.25) is 0 Å². The molecule has 2 aromatic heterocycles. The normalized spacial score (nSPS) is 11.6. The Balaban J connectivity index is 2.35. The van der Waals surface area contributed by atoms with Gasteiger partial charge < -0.3 is 9.40 Å². The summed E-state index contributed by atoms with van der Waals surface area (Å²) in [5.41, 5.74) is 3.39. The molecule has 0 aliphatic heterocycles. The fraction of sp³-hybridized carbons (Fsp3) is 0.0625. The van der Waals surface area contributed by atoms with Crippen LogP contribution in [0.4, 0.5) is 0 Å². The minimum absolute atomic E-state index is 0.0774. The molecule has 4 aromatic rings. The van der Waals surface area contributed by atoms with Crippen LogP contribution in [-0.4, -0.2) is 4.98 Å². The summed E-state index contributed by atoms with van der Waals surface area (Å²) in [6, 6.07) is 13.5. The molecule has 2 heterocycles. The van der Waals surface area contributed by atoms with Gasteiger partial charge in [-0.25, -0.2) is 0 Å². The van der Waals surface area contributed by atoms with Gasteiger partial charge in [0, 0.05) is 10.8 Å². The van der Waals surface area contributed by atoms with Crippen molar-refractivity contribution in [3.05, 3.63) is 58.4 Å². The summed E-state index contributed by atoms with van der Waals surface area (Å²) in [5.74, 6) is 0. The van der Waals surface area contributed by atoms with E-state index in [2.05, 4.69) is 4.98 Å². The van der Waals surface area contributed by atoms with Gasteiger partial charge in [-0.1, -0.05) is 24.3 Å². The zero-order valence-electron chi connectivity index (χ0n) is 10.4. The molecule has 4 rings (SSSR count). The zero-order valence-corrected chi connectivity index (χ0v) is 10.4. The largest absolute Gasteiger partial charge is 0.454 e. The molecule has 19 heavy (non-hydrogen) atoms. The average molecular weight is 249 g/mol. The van der Waals surface area contributed by atoms with E-state index in [1.807, 2.05) is 49.4 Å². The second-order valence-electron chi connectivity index (χ2n) is 4.81. The van der Waals surface area contributed by atoms with Gasteiger partial charge in [-0.15, -0.1) is 0 Å². The number of aromatic nitrogens is 1. The summed E-state index contributed by atoms with van der Waals surface area (Å²) in [5, 5.41) is 2.46. The first-order chi connectivity index (χ1) is 9.24. The van der Waals surface area contributed by atoms with Crippen molar-refractivity contribution in [1.29, 1.82) is 0 Å². The van der Waals surface area contributed by atoms with Gasteiger partial charge >= 0.3 is 0 Å². The molecule has 0 amide bonds. The predicted octanol–water partition coefficient (Wildman–Crippen LogP) is 3.74. The summed E-state index contributed by atoms with van der Waals surface area (Å²) >= 11 is 0. The SMILES string of the molecule is Cc1ccc2c(c1)oc1c3ccccc3c(=O)[nH]c21. The monoisotopic (exact) mass is 249 g/mol. The first kappa shape index (κ1) is 10.4. The molecule has 0 saturated carbocycles. The molecule has 3 nitrogen and oxygen atoms in total. The fourth-order valence-corrected chi connectivity index (χ4v) is 2.58. The summed E-state index contributed by atoms with van der Waals surface area (Å²) in [6.45, 7) is 2.02. The molecule has 92 valence electrons. The Kier molecular flexibility index (Phi) is 1.90. The first-order valence-corrected chi connectivity index (χ1v) is 6.18. The van der Waals surface area contributed by atoms with Gasteiger partial charge in [0.15, 0.2) is 5.58 Å². The Hall–Kier alpha value is -2.55. The van der Waals surface area contributed by atoms with Crippen LogP contribution in [0.2, 0.25) is 0 Å². The van der Waals surface area contributed by atoms with Crippen molar-refractivity contribution in [2.75, 3.05) is 0 Å². The molecule has 0 radical (unpaired) electrons. The van der Waals surface area contributed by atoms with Crippen molar-refractivity contribution < 1.29 is 4.42 Å². The zero-order chi connectivity index (χ0) is 13.0. The van der Waals surface area contributed by atoms with E-state index in [4.69, 9.17) is 4.42 Å². The number of nitrogens with one attached hydrogen (secondary N) is 1. The number of furan rings is 1. The maximum Gasteiger partial charge on any atom is 0.256 e. The maximum absolute atomic E-state index is 12.1. The number of rotatable bonds is 0. The predicted molar refractivity (Wildman–Crippen MR) is 76.6 cm³/mol. The van der Waals surface area contributed by atoms with Crippen molar-refractivity contribution in [2.24, 2.45) is 0 Å². The molecular formula is C16H11NO2. The van der Waals surface area contributed by atoms with Crippen molar-refractivity contribution in [1.82, 2.24) is 4.98 Å². The highest BCUT2D eigenvalue weighted by molar-refractivity contribution is 6.12. The Bertz CT molecular complexity index is 992. The van der Waals surface area contributed by atoms with Crippen LogP contribution in [-0.2, 0) is 0 Å². The van der Waals surface area contributed by atoms with E-state index in [9.17, 15) is 4.79 Å². The van der Waals surface area contributed by atoms with Gasteiger partial charge in [0.25, 0.3) is 5.56 Å². The molecule has 0 unspecified atom stereocenters. The quantitative estimate of drug-likeness (QED) is 0.516. The van der Waals surface area contributed by atoms with Crippen molar-refractivity contribution in [2.45, 2.75) is 6.92 Å². The lowest BCUT2D eigenvalue weighted by atomic mass is 10.1. The van der Waals surface area contributed by atoms with Crippen LogP contribution in [0.15, 0.2) is 51.7 Å². The molecule has 0 fully saturated rings. The standard InChI is InChI=1S/C16H11NO2/c1-9-6-7-12-13(8-9)19-15-10-4-2-3-5-11(10)16(18)17-14(12)15/h2-8H,1H3,(H,17,18). The fourth-order valence-electron chi connectivity index (χ4n) is 2.58. The topological polar surface area (TPSA) is 46.0 Å². The molecule has 0 bridgehead atoms. The number of H-pyrrole nitrogens is 1. The minimum atomic E-state index is -0.0774. The second-order valence-corrected chi connectivity index (χ2v) is 4.81. The second kappa shape index (κ2) is 3.48. The Morgan fingerprint density at radius 2 is 1.79 bits per heavy atom. The van der Waals surface area contributed by atoms with Crippen molar-refractivity contribution in [3.8, 4) is 0 Å². The van der Waals surface area contributed by atoms with Crippen LogP contribution in [0.1, 0.15) is 5.56 Å². The highest BCUT2D eigenvalue weighted by atomic mass is 16.3. The molecule has 0 spiro atoms. The third-order valence-corrected chi connectivity index (χ3v) is 3.50. The van der Waals surface area contributed by atoms with Gasteiger partial charge in [-0.05, 0) is 30.7 Å². The number of aromatic amines is 1. The van der Waals surface area contributed by atoms with Crippen LogP contribution < -0.4 is 5.56 Å². The first-order valence-electron chi connectivity index (χ1n) is 6.18. The minimum Gasteiger partial charge on any atom is -0.454 e. The van der Waals surface area contributed by atoms with E-state index in [1.165, 1.54) is 0 Å². The highest BCUT2D eigenvalue weighted by Gasteiger charge is 2.12. The van der Waals surface area contributed by atoms with Crippen LogP contribution >= 0.6 is 0 Å². The molecule has 3 heteroatoms. The van der Waals surface area contributed by atoms with Crippen LogP contribution in [0.3, 0.4) is 0 Å². The van der Waals surface area contributed by atoms with Gasteiger partial charge in [-0.2, -0.15) is 0 Å². The number of benzene rings is 2. The van der Waals surface area contributed by atoms with Crippen molar-refractivity contribution in [3.63, 3.8) is 0 Å². The lowest BCUT2D eigenvalue weighted by Gasteiger charge is -1.96. The molecule has 1 N–H and O–H groups in total. The number of hydrogen-bond donors (Lipinski definition) is 1. The maximum atomic E-state index is 12.1. The molecule has 0 aliphatic carbocycles. The Morgan fingerprint density at radius 3 is 2.63 bits per heavy atom. The summed E-state index contributed by atoms with van der Waals surface area (Å²) in [4.78, 5) is 15.0. The Labute approximate surface area is 108 Å². The molecule has 0 aliphatic rings. The van der Waals surface area contributed by atoms with E-state index in [0.717, 1.165) is 33.0 Å². The van der Waals surface area contributed by atoms with Gasteiger partial charge in [0.05, 0.1) is 10.9 Å². The van der Waals surface area contributed by atoms with Crippen molar-refractivity contribution >= 4 is 32.8 Å². The average Bonchev–Trinajstić information content (AvgIpc) is 2.77. The van der Waals surface area contributed by atoms with Crippen LogP contribution in [0.25, 0.3) is 32.8 Å². The summed E-state index contributed by atoms with van der Waals surface area (Å²) in [7, 11) is 0. The van der Waals surface area contributed by atoms with E-state index >= 15 is 0 Å². The smallest absolute Gasteiger partial charge is 0.256 e. The highest BCUT2D eigenvalue weighted by Crippen LogP contribution is 2.31. The lowest BCUT2D eigenvalue weighted by molar-refractivity contribution is 0.671. The summed E-state index contributed by atoms with van der Waals surface area (Å²) < 4.78 is 5.93. The van der Waals surface area contributed by atoms with E-state index in [1.54, 1.807) is 0 Å². The third-order valence-electron chi connectivity index (χ3n) is 3.50. The summed E-state index contributed by atoms with van der Waals surface area (Å²) in [6.07, 6.45) is 0. The number of aryl methyl sites for hydroxylation is 1. The molecule has 2 aromatic carbocycles. The van der Waals surface area contributed by atoms with Crippen LogP contribution in [0.5, 0.6) is 0 Å².